The first-order chi connectivity index (χ1) is 15.0. The summed E-state index contributed by atoms with van der Waals surface area (Å²) in [6.07, 6.45) is 2.38. The van der Waals surface area contributed by atoms with Crippen molar-refractivity contribution in [2.24, 2.45) is 0 Å². The number of ether oxygens (including phenoxy) is 1. The van der Waals surface area contributed by atoms with Gasteiger partial charge in [0.15, 0.2) is 0 Å². The number of nitrogens with one attached hydrogen (secondary N) is 1. The number of nitrogens with zero attached hydrogens (tertiary/aromatic N) is 2. The zero-order valence-electron chi connectivity index (χ0n) is 17.0. The fraction of sp³-hybridized carbons (Fsp3) is 0.333. The zero-order valence-corrected chi connectivity index (χ0v) is 17.0. The molecular weight excluding hydrogens is 403 g/mol. The predicted octanol–water partition coefficient (Wildman–Crippen LogP) is 6.87. The van der Waals surface area contributed by atoms with Crippen LogP contribution in [-0.2, 0) is 12.8 Å². The van der Waals surface area contributed by atoms with E-state index in [-0.39, 0.29) is 12.6 Å². The highest BCUT2D eigenvalue weighted by Gasteiger charge is 2.36. The van der Waals surface area contributed by atoms with Crippen molar-refractivity contribution < 1.29 is 17.9 Å². The van der Waals surface area contributed by atoms with Gasteiger partial charge in [-0.25, -0.2) is 4.98 Å². The highest BCUT2D eigenvalue weighted by molar-refractivity contribution is 5.54. The third-order valence-electron chi connectivity index (χ3n) is 5.52. The van der Waals surface area contributed by atoms with E-state index in [2.05, 4.69) is 27.4 Å². The number of hydrogen-bond donors (Lipinski definition) is 1. The summed E-state index contributed by atoms with van der Waals surface area (Å²) in [5.41, 5.74) is 1.77. The largest absolute Gasteiger partial charge is 0.472 e. The minimum Gasteiger partial charge on any atom is -0.472 e. The molecule has 0 saturated heterocycles. The van der Waals surface area contributed by atoms with Crippen molar-refractivity contribution >= 4 is 11.6 Å². The predicted molar refractivity (Wildman–Crippen MR) is 113 cm³/mol. The zero-order chi connectivity index (χ0) is 21.7. The summed E-state index contributed by atoms with van der Waals surface area (Å²) < 4.78 is 45.5. The number of rotatable bonds is 6. The number of alkyl halides is 3. The summed E-state index contributed by atoms with van der Waals surface area (Å²) in [5.74, 6) is 0.150. The smallest absolute Gasteiger partial charge is 0.423 e. The third-order valence-corrected chi connectivity index (χ3v) is 5.52. The normalized spacial score (nSPS) is 14.9. The highest BCUT2D eigenvalue weighted by atomic mass is 19.4. The summed E-state index contributed by atoms with van der Waals surface area (Å²) >= 11 is 0. The van der Waals surface area contributed by atoms with Crippen LogP contribution in [0.1, 0.15) is 54.7 Å². The van der Waals surface area contributed by atoms with Gasteiger partial charge in [0.25, 0.3) is 0 Å². The molecule has 0 atom stereocenters. The first kappa shape index (κ1) is 21.2. The number of hydrogen-bond acceptors (Lipinski definition) is 4. The van der Waals surface area contributed by atoms with Crippen LogP contribution >= 0.6 is 0 Å². The molecule has 1 fully saturated rings. The Bertz CT molecular complexity index is 985. The van der Waals surface area contributed by atoms with Crippen LogP contribution in [0.2, 0.25) is 0 Å². The lowest BCUT2D eigenvalue weighted by atomic mass is 9.84. The molecule has 0 unspecified atom stereocenters. The van der Waals surface area contributed by atoms with Crippen LogP contribution in [-0.4, -0.2) is 9.97 Å². The van der Waals surface area contributed by atoms with Gasteiger partial charge in [0.05, 0.1) is 0 Å². The Hall–Kier alpha value is -3.09. The molecule has 0 radical (unpaired) electrons. The molecule has 0 spiro atoms. The lowest BCUT2D eigenvalue weighted by Gasteiger charge is -2.22. The monoisotopic (exact) mass is 427 g/mol. The lowest BCUT2D eigenvalue weighted by molar-refractivity contribution is -0.139. The Morgan fingerprint density at radius 1 is 0.935 bits per heavy atom. The van der Waals surface area contributed by atoms with Gasteiger partial charge in [-0.3, -0.25) is 0 Å². The molecule has 0 amide bonds. The molecule has 2 aromatic carbocycles. The average Bonchev–Trinajstić information content (AvgIpc) is 2.79. The molecule has 7 heteroatoms. The molecule has 162 valence electrons. The molecule has 31 heavy (non-hydrogen) atoms. The number of aromatic nitrogens is 2. The van der Waals surface area contributed by atoms with Gasteiger partial charge in [-0.05, 0) is 42.0 Å². The minimum absolute atomic E-state index is 0.0174. The molecule has 1 aliphatic carbocycles. The van der Waals surface area contributed by atoms with Gasteiger partial charge in [-0.1, -0.05) is 61.7 Å². The molecule has 4 rings (SSSR count). The van der Waals surface area contributed by atoms with Crippen LogP contribution in [0, 0.1) is 0 Å². The van der Waals surface area contributed by atoms with Crippen LogP contribution in [0.5, 0.6) is 5.88 Å². The van der Waals surface area contributed by atoms with Crippen LogP contribution < -0.4 is 10.1 Å². The second kappa shape index (κ2) is 9.37. The van der Waals surface area contributed by atoms with Gasteiger partial charge in [-0.15, -0.1) is 0 Å². The Morgan fingerprint density at radius 2 is 1.65 bits per heavy atom. The molecule has 1 saturated carbocycles. The van der Waals surface area contributed by atoms with Crippen LogP contribution in [0.3, 0.4) is 0 Å². The van der Waals surface area contributed by atoms with Gasteiger partial charge in [0.1, 0.15) is 12.2 Å². The van der Waals surface area contributed by atoms with Gasteiger partial charge in [-0.2, -0.15) is 18.2 Å². The highest BCUT2D eigenvalue weighted by Crippen LogP contribution is 2.36. The van der Waals surface area contributed by atoms with E-state index in [9.17, 15) is 13.2 Å². The van der Waals surface area contributed by atoms with E-state index in [0.717, 1.165) is 11.8 Å². The van der Waals surface area contributed by atoms with Crippen molar-refractivity contribution in [1.82, 2.24) is 9.97 Å². The van der Waals surface area contributed by atoms with Crippen molar-refractivity contribution in [2.45, 2.75) is 50.8 Å². The van der Waals surface area contributed by atoms with Crippen molar-refractivity contribution in [3.05, 3.63) is 77.5 Å². The number of halogens is 3. The molecule has 1 N–H and O–H groups in total. The quantitative estimate of drug-likeness (QED) is 0.467. The van der Waals surface area contributed by atoms with Gasteiger partial charge >= 0.3 is 6.18 Å². The maximum absolute atomic E-state index is 13.4. The van der Waals surface area contributed by atoms with E-state index >= 15 is 0 Å². The average molecular weight is 427 g/mol. The second-order valence-electron chi connectivity index (χ2n) is 7.77. The number of anilines is 2. The summed E-state index contributed by atoms with van der Waals surface area (Å²) in [6, 6.07) is 16.9. The third kappa shape index (κ3) is 5.54. The molecular formula is C24H24F3N3O. The topological polar surface area (TPSA) is 47.0 Å². The molecule has 1 heterocycles. The molecule has 3 aromatic rings. The molecule has 1 aromatic heterocycles. The van der Waals surface area contributed by atoms with Crippen molar-refractivity contribution in [3.63, 3.8) is 0 Å². The van der Waals surface area contributed by atoms with E-state index < -0.39 is 17.6 Å². The standard InChI is InChI=1S/C24H24F3N3O/c25-24(26,27)21-15-28-23(30-22(21)31-16-17-7-3-1-4-8-17)29-20-13-11-19(12-14-20)18-9-5-2-6-10-18/h1,3-4,7-8,11-15,18H,2,5-6,9-10,16H2,(H,28,29,30). The van der Waals surface area contributed by atoms with Gasteiger partial charge in [0.2, 0.25) is 11.8 Å². The summed E-state index contributed by atoms with van der Waals surface area (Å²) in [6.45, 7) is -0.0174. The summed E-state index contributed by atoms with van der Waals surface area (Å²) in [4.78, 5) is 7.84. The van der Waals surface area contributed by atoms with Gasteiger partial charge in [0, 0.05) is 11.9 Å². The molecule has 4 nitrogen and oxygen atoms in total. The van der Waals surface area contributed by atoms with Crippen LogP contribution in [0.15, 0.2) is 60.8 Å². The van der Waals surface area contributed by atoms with Crippen LogP contribution in [0.25, 0.3) is 0 Å². The van der Waals surface area contributed by atoms with E-state index in [1.165, 1.54) is 37.7 Å². The van der Waals surface area contributed by atoms with E-state index in [4.69, 9.17) is 4.74 Å². The van der Waals surface area contributed by atoms with Crippen LogP contribution in [0.4, 0.5) is 24.8 Å². The second-order valence-corrected chi connectivity index (χ2v) is 7.77. The first-order valence-corrected chi connectivity index (χ1v) is 10.5. The SMILES string of the molecule is FC(F)(F)c1cnc(Nc2ccc(C3CCCCC3)cc2)nc1OCc1ccccc1. The maximum Gasteiger partial charge on any atom is 0.423 e. The van der Waals surface area contributed by atoms with E-state index in [1.54, 1.807) is 24.3 Å². The van der Waals surface area contributed by atoms with Gasteiger partial charge < -0.3 is 10.1 Å². The number of benzene rings is 2. The Kier molecular flexibility index (Phi) is 6.39. The van der Waals surface area contributed by atoms with Crippen molar-refractivity contribution in [2.75, 3.05) is 5.32 Å². The van der Waals surface area contributed by atoms with E-state index in [0.29, 0.717) is 11.6 Å². The Balaban J connectivity index is 1.50. The minimum atomic E-state index is -4.60. The summed E-state index contributed by atoms with van der Waals surface area (Å²) in [7, 11) is 0. The maximum atomic E-state index is 13.4. The lowest BCUT2D eigenvalue weighted by Crippen LogP contribution is -2.12. The van der Waals surface area contributed by atoms with E-state index in [1.807, 2.05) is 18.2 Å². The Morgan fingerprint density at radius 3 is 2.32 bits per heavy atom. The van der Waals surface area contributed by atoms with Crippen molar-refractivity contribution in [3.8, 4) is 5.88 Å². The fourth-order valence-electron chi connectivity index (χ4n) is 3.86. The Labute approximate surface area is 179 Å². The fourth-order valence-corrected chi connectivity index (χ4v) is 3.86. The molecule has 0 aliphatic heterocycles. The van der Waals surface area contributed by atoms with Crippen molar-refractivity contribution in [1.29, 1.82) is 0 Å². The summed E-state index contributed by atoms with van der Waals surface area (Å²) in [5, 5.41) is 2.98. The molecule has 0 bridgehead atoms. The molecule has 1 aliphatic rings. The first-order valence-electron chi connectivity index (χ1n) is 10.5.